The first-order valence-electron chi connectivity index (χ1n) is 9.99. The summed E-state index contributed by atoms with van der Waals surface area (Å²) in [6.07, 6.45) is -1.37. The Morgan fingerprint density at radius 1 is 0.969 bits per heavy atom. The zero-order valence-corrected chi connectivity index (χ0v) is 16.9. The van der Waals surface area contributed by atoms with Crippen LogP contribution in [0.25, 0.3) is 11.1 Å². The first kappa shape index (κ1) is 21.0. The van der Waals surface area contributed by atoms with Gasteiger partial charge in [0.1, 0.15) is 6.61 Å². The lowest BCUT2D eigenvalue weighted by Gasteiger charge is -2.20. The number of amides is 1. The van der Waals surface area contributed by atoms with E-state index in [1.807, 2.05) is 48.5 Å². The number of nitro groups is 1. The number of fused-ring (bicyclic) bond motifs is 3. The van der Waals surface area contributed by atoms with Crippen molar-refractivity contribution >= 4 is 17.7 Å². The molecule has 32 heavy (non-hydrogen) atoms. The minimum Gasteiger partial charge on any atom is -0.550 e. The number of rotatable bonds is 7. The molecule has 3 aromatic rings. The summed E-state index contributed by atoms with van der Waals surface area (Å²) in [7, 11) is 0. The smallest absolute Gasteiger partial charge is 0.407 e. The van der Waals surface area contributed by atoms with Crippen LogP contribution in [0.4, 0.5) is 10.5 Å². The van der Waals surface area contributed by atoms with Crippen molar-refractivity contribution in [1.29, 1.82) is 0 Å². The number of hydrogen-bond acceptors (Lipinski definition) is 6. The number of nitrogens with one attached hydrogen (secondary N) is 1. The van der Waals surface area contributed by atoms with Crippen molar-refractivity contribution < 1.29 is 24.4 Å². The monoisotopic (exact) mass is 431 g/mol. The fourth-order valence-corrected chi connectivity index (χ4v) is 4.06. The molecule has 1 aliphatic rings. The summed E-state index contributed by atoms with van der Waals surface area (Å²) in [6, 6.07) is 20.2. The molecule has 1 amide bonds. The Kier molecular flexibility index (Phi) is 5.85. The van der Waals surface area contributed by atoms with Crippen LogP contribution in [-0.2, 0) is 9.53 Å². The zero-order chi connectivity index (χ0) is 22.7. The van der Waals surface area contributed by atoms with E-state index in [4.69, 9.17) is 4.74 Å². The van der Waals surface area contributed by atoms with Crippen molar-refractivity contribution in [2.75, 3.05) is 6.61 Å². The highest BCUT2D eigenvalue weighted by Gasteiger charge is 2.29. The van der Waals surface area contributed by atoms with Gasteiger partial charge in [-0.1, -0.05) is 60.7 Å². The average Bonchev–Trinajstić information content (AvgIpc) is 3.11. The molecular weight excluding hydrogens is 412 g/mol. The van der Waals surface area contributed by atoms with Gasteiger partial charge >= 0.3 is 6.09 Å². The fraction of sp³-hybridized carbons (Fsp3) is 0.167. The summed E-state index contributed by atoms with van der Waals surface area (Å²) in [5.41, 5.74) is 4.34. The summed E-state index contributed by atoms with van der Waals surface area (Å²) in [6.45, 7) is 0.0623. The third kappa shape index (κ3) is 4.29. The number of hydrogen-bond donors (Lipinski definition) is 1. The molecule has 8 nitrogen and oxygen atoms in total. The van der Waals surface area contributed by atoms with E-state index in [2.05, 4.69) is 5.32 Å². The SMILES string of the molecule is O=C([O-])C[C@@H](NC(=O)OCC1c2ccccc2-c2ccccc21)c1cccc([N+](=O)[O-])c1. The predicted octanol–water partition coefficient (Wildman–Crippen LogP) is 3.31. The van der Waals surface area contributed by atoms with Crippen molar-refractivity contribution in [2.45, 2.75) is 18.4 Å². The molecule has 0 saturated heterocycles. The summed E-state index contributed by atoms with van der Waals surface area (Å²) < 4.78 is 5.45. The average molecular weight is 431 g/mol. The highest BCUT2D eigenvalue weighted by Crippen LogP contribution is 2.44. The first-order valence-corrected chi connectivity index (χ1v) is 9.99. The molecule has 0 aliphatic heterocycles. The molecule has 1 aliphatic carbocycles. The molecule has 3 aromatic carbocycles. The van der Waals surface area contributed by atoms with Crippen molar-refractivity contribution in [3.8, 4) is 11.1 Å². The van der Waals surface area contributed by atoms with Gasteiger partial charge in [-0.15, -0.1) is 0 Å². The molecular formula is C24H19N2O6-. The van der Waals surface area contributed by atoms with Gasteiger partial charge in [0.05, 0.1) is 11.0 Å². The molecule has 0 saturated carbocycles. The maximum atomic E-state index is 12.5. The highest BCUT2D eigenvalue weighted by molar-refractivity contribution is 5.79. The number of nitro benzene ring substituents is 1. The molecule has 8 heteroatoms. The Morgan fingerprint density at radius 2 is 1.59 bits per heavy atom. The number of alkyl carbamates (subject to hydrolysis) is 1. The minimum atomic E-state index is -1.40. The number of carboxylic acid groups (broad SMARTS) is 1. The second-order valence-electron chi connectivity index (χ2n) is 7.45. The Hall–Kier alpha value is -4.20. The molecule has 4 rings (SSSR count). The van der Waals surface area contributed by atoms with E-state index in [9.17, 15) is 24.8 Å². The number of aliphatic carboxylic acids is 1. The quantitative estimate of drug-likeness (QED) is 0.452. The Balaban J connectivity index is 1.49. The molecule has 0 heterocycles. The molecule has 0 unspecified atom stereocenters. The number of carboxylic acids is 1. The number of carbonyl (C=O) groups excluding carboxylic acids is 2. The van der Waals surface area contributed by atoms with Gasteiger partial charge in [-0.2, -0.15) is 0 Å². The van der Waals surface area contributed by atoms with E-state index in [0.717, 1.165) is 22.3 Å². The third-order valence-corrected chi connectivity index (χ3v) is 5.49. The van der Waals surface area contributed by atoms with Crippen LogP contribution in [0.3, 0.4) is 0 Å². The van der Waals surface area contributed by atoms with Crippen LogP contribution in [0.15, 0.2) is 72.8 Å². The third-order valence-electron chi connectivity index (χ3n) is 5.49. The predicted molar refractivity (Wildman–Crippen MR) is 114 cm³/mol. The lowest BCUT2D eigenvalue weighted by molar-refractivity contribution is -0.385. The maximum absolute atomic E-state index is 12.5. The van der Waals surface area contributed by atoms with Crippen LogP contribution in [-0.4, -0.2) is 23.6 Å². The van der Waals surface area contributed by atoms with Gasteiger partial charge in [0, 0.05) is 30.4 Å². The van der Waals surface area contributed by atoms with Gasteiger partial charge < -0.3 is 20.0 Å². The van der Waals surface area contributed by atoms with Crippen LogP contribution < -0.4 is 10.4 Å². The molecule has 0 spiro atoms. The minimum absolute atomic E-state index is 0.0623. The number of carbonyl (C=O) groups is 2. The van der Waals surface area contributed by atoms with Crippen LogP contribution in [0.2, 0.25) is 0 Å². The standard InChI is InChI=1S/C24H20N2O6/c27-23(28)13-22(15-6-5-7-16(12-15)26(30)31)25-24(29)32-14-21-19-10-3-1-8-17(19)18-9-2-4-11-20(18)21/h1-12,21-22H,13-14H2,(H,25,29)(H,27,28)/p-1/t22-/m1/s1. The van der Waals surface area contributed by atoms with Gasteiger partial charge in [0.15, 0.2) is 0 Å². The van der Waals surface area contributed by atoms with E-state index in [1.54, 1.807) is 0 Å². The number of nitrogens with zero attached hydrogens (tertiary/aromatic N) is 1. The highest BCUT2D eigenvalue weighted by atomic mass is 16.6. The molecule has 0 aromatic heterocycles. The van der Waals surface area contributed by atoms with Crippen LogP contribution >= 0.6 is 0 Å². The lowest BCUT2D eigenvalue weighted by atomic mass is 9.98. The molecule has 0 radical (unpaired) electrons. The Bertz CT molecular complexity index is 1150. The van der Waals surface area contributed by atoms with Crippen molar-refractivity contribution in [3.05, 3.63) is 99.6 Å². The van der Waals surface area contributed by atoms with Gasteiger partial charge in [-0.3, -0.25) is 10.1 Å². The first-order chi connectivity index (χ1) is 15.4. The number of ether oxygens (including phenoxy) is 1. The van der Waals surface area contributed by atoms with Gasteiger partial charge in [0.25, 0.3) is 5.69 Å². The van der Waals surface area contributed by atoms with E-state index < -0.39 is 29.4 Å². The van der Waals surface area contributed by atoms with Gasteiger partial charge in [-0.25, -0.2) is 4.79 Å². The maximum Gasteiger partial charge on any atom is 0.407 e. The number of benzene rings is 3. The van der Waals surface area contributed by atoms with Crippen molar-refractivity contribution in [1.82, 2.24) is 5.32 Å². The summed E-state index contributed by atoms with van der Waals surface area (Å²) in [5.74, 6) is -1.55. The normalized spacial score (nSPS) is 13.0. The van der Waals surface area contributed by atoms with E-state index >= 15 is 0 Å². The van der Waals surface area contributed by atoms with Gasteiger partial charge in [-0.05, 0) is 27.8 Å². The fourth-order valence-electron chi connectivity index (χ4n) is 4.06. The molecule has 0 fully saturated rings. The van der Waals surface area contributed by atoms with E-state index in [-0.39, 0.29) is 23.8 Å². The van der Waals surface area contributed by atoms with Crippen molar-refractivity contribution in [3.63, 3.8) is 0 Å². The van der Waals surface area contributed by atoms with E-state index in [0.29, 0.717) is 0 Å². The van der Waals surface area contributed by atoms with Crippen LogP contribution in [0.1, 0.15) is 35.1 Å². The molecule has 0 bridgehead atoms. The summed E-state index contributed by atoms with van der Waals surface area (Å²) in [5, 5.41) is 24.7. The largest absolute Gasteiger partial charge is 0.550 e. The Labute approximate surface area is 183 Å². The second-order valence-corrected chi connectivity index (χ2v) is 7.45. The topological polar surface area (TPSA) is 122 Å². The Morgan fingerprint density at radius 3 is 2.19 bits per heavy atom. The summed E-state index contributed by atoms with van der Waals surface area (Å²) >= 11 is 0. The second kappa shape index (κ2) is 8.89. The van der Waals surface area contributed by atoms with Crippen LogP contribution in [0.5, 0.6) is 0 Å². The lowest BCUT2D eigenvalue weighted by Crippen LogP contribution is -2.35. The van der Waals surface area contributed by atoms with Crippen molar-refractivity contribution in [2.24, 2.45) is 0 Å². The van der Waals surface area contributed by atoms with E-state index in [1.165, 1.54) is 24.3 Å². The van der Waals surface area contributed by atoms with Crippen LogP contribution in [0, 0.1) is 10.1 Å². The van der Waals surface area contributed by atoms with Gasteiger partial charge in [0.2, 0.25) is 0 Å². The molecule has 1 N–H and O–H groups in total. The molecule has 162 valence electrons. The summed E-state index contributed by atoms with van der Waals surface area (Å²) in [4.78, 5) is 34.2. The zero-order valence-electron chi connectivity index (χ0n) is 16.9. The number of non-ortho nitro benzene ring substituents is 1. The molecule has 1 atom stereocenters.